The summed E-state index contributed by atoms with van der Waals surface area (Å²) in [5, 5.41) is 3.17. The van der Waals surface area contributed by atoms with Crippen molar-refractivity contribution in [3.05, 3.63) is 63.9 Å². The fourth-order valence-corrected chi connectivity index (χ4v) is 3.39. The van der Waals surface area contributed by atoms with E-state index in [0.29, 0.717) is 11.4 Å². The highest BCUT2D eigenvalue weighted by Crippen LogP contribution is 2.37. The molecular weight excluding hydrogens is 345 g/mol. The maximum absolute atomic E-state index is 13.1. The van der Waals surface area contributed by atoms with Gasteiger partial charge in [0.15, 0.2) is 0 Å². The number of alkyl halides is 1. The Morgan fingerprint density at radius 2 is 2.05 bits per heavy atom. The Bertz CT molecular complexity index is 704. The Hall–Kier alpha value is -1.39. The molecule has 20 heavy (non-hydrogen) atoms. The number of benzene rings is 2. The average molecular weight is 355 g/mol. The Morgan fingerprint density at radius 1 is 1.25 bits per heavy atom. The molecule has 0 bridgehead atoms. The summed E-state index contributed by atoms with van der Waals surface area (Å²) in [5.41, 5.74) is 3.60. The molecule has 3 rings (SSSR count). The Balaban J connectivity index is 1.97. The fourth-order valence-electron chi connectivity index (χ4n) is 2.29. The Kier molecular flexibility index (Phi) is 3.52. The van der Waals surface area contributed by atoms with Crippen LogP contribution < -0.4 is 5.32 Å². The summed E-state index contributed by atoms with van der Waals surface area (Å²) in [7, 11) is 0. The van der Waals surface area contributed by atoms with Gasteiger partial charge in [0, 0.05) is 10.7 Å². The second-order valence-corrected chi connectivity index (χ2v) is 5.99. The zero-order valence-electron chi connectivity index (χ0n) is 10.3. The molecule has 1 aliphatic heterocycles. The molecule has 0 fully saturated rings. The van der Waals surface area contributed by atoms with Crippen LogP contribution >= 0.6 is 27.5 Å². The summed E-state index contributed by atoms with van der Waals surface area (Å²) < 4.78 is 13.1. The molecule has 1 unspecified atom stereocenters. The highest BCUT2D eigenvalue weighted by atomic mass is 79.9. The lowest BCUT2D eigenvalue weighted by molar-refractivity contribution is -0.115. The van der Waals surface area contributed by atoms with Crippen molar-refractivity contribution in [1.29, 1.82) is 0 Å². The van der Waals surface area contributed by atoms with Crippen molar-refractivity contribution in [3.8, 4) is 0 Å². The first-order valence-electron chi connectivity index (χ1n) is 6.06. The molecule has 2 aromatic rings. The summed E-state index contributed by atoms with van der Waals surface area (Å²) >= 11 is 9.66. The first-order valence-corrected chi connectivity index (χ1v) is 7.35. The minimum atomic E-state index is -0.359. The van der Waals surface area contributed by atoms with Gasteiger partial charge in [-0.25, -0.2) is 4.39 Å². The van der Waals surface area contributed by atoms with Crippen LogP contribution in [0, 0.1) is 5.82 Å². The average Bonchev–Trinajstić information content (AvgIpc) is 2.77. The van der Waals surface area contributed by atoms with Gasteiger partial charge in [0.1, 0.15) is 5.82 Å². The van der Waals surface area contributed by atoms with Crippen molar-refractivity contribution >= 4 is 39.1 Å². The molecule has 1 aliphatic rings. The second kappa shape index (κ2) is 5.19. The van der Waals surface area contributed by atoms with E-state index >= 15 is 0 Å². The summed E-state index contributed by atoms with van der Waals surface area (Å²) in [6, 6.07) is 10.1. The van der Waals surface area contributed by atoms with E-state index in [0.717, 1.165) is 22.4 Å². The highest BCUT2D eigenvalue weighted by Gasteiger charge is 2.20. The third-order valence-electron chi connectivity index (χ3n) is 3.28. The smallest absolute Gasteiger partial charge is 0.228 e. The number of carbonyl (C=O) groups is 1. The van der Waals surface area contributed by atoms with Crippen LogP contribution in [0.3, 0.4) is 0 Å². The minimum Gasteiger partial charge on any atom is -0.326 e. The molecule has 0 saturated carbocycles. The summed E-state index contributed by atoms with van der Waals surface area (Å²) in [6.45, 7) is 0. The molecular formula is C15H10BrClFNO. The third kappa shape index (κ3) is 2.45. The van der Waals surface area contributed by atoms with Gasteiger partial charge in [0.25, 0.3) is 0 Å². The van der Waals surface area contributed by atoms with Gasteiger partial charge >= 0.3 is 0 Å². The first kappa shape index (κ1) is 13.6. The van der Waals surface area contributed by atoms with E-state index < -0.39 is 0 Å². The van der Waals surface area contributed by atoms with E-state index in [4.69, 9.17) is 11.6 Å². The topological polar surface area (TPSA) is 29.1 Å². The number of rotatable bonds is 2. The lowest BCUT2D eigenvalue weighted by Gasteiger charge is -2.13. The van der Waals surface area contributed by atoms with Crippen LogP contribution in [-0.4, -0.2) is 5.91 Å². The molecule has 1 heterocycles. The quantitative estimate of drug-likeness (QED) is 0.793. The first-order chi connectivity index (χ1) is 9.54. The molecule has 0 aromatic heterocycles. The van der Waals surface area contributed by atoms with Crippen molar-refractivity contribution in [3.63, 3.8) is 0 Å². The van der Waals surface area contributed by atoms with Gasteiger partial charge in [-0.15, -0.1) is 0 Å². The van der Waals surface area contributed by atoms with Crippen molar-refractivity contribution in [2.24, 2.45) is 0 Å². The van der Waals surface area contributed by atoms with E-state index in [1.54, 1.807) is 6.07 Å². The van der Waals surface area contributed by atoms with Crippen LogP contribution in [0.2, 0.25) is 5.02 Å². The maximum atomic E-state index is 13.1. The van der Waals surface area contributed by atoms with Gasteiger partial charge < -0.3 is 5.32 Å². The van der Waals surface area contributed by atoms with E-state index in [9.17, 15) is 9.18 Å². The van der Waals surface area contributed by atoms with Crippen LogP contribution in [0.4, 0.5) is 10.1 Å². The zero-order valence-corrected chi connectivity index (χ0v) is 12.6. The Labute approximate surface area is 129 Å². The van der Waals surface area contributed by atoms with Gasteiger partial charge in [-0.1, -0.05) is 45.7 Å². The lowest BCUT2D eigenvalue weighted by Crippen LogP contribution is -2.03. The summed E-state index contributed by atoms with van der Waals surface area (Å²) in [6.07, 6.45) is 0.389. The van der Waals surface area contributed by atoms with E-state index in [2.05, 4.69) is 21.2 Å². The molecule has 0 aliphatic carbocycles. The summed E-state index contributed by atoms with van der Waals surface area (Å²) in [5.74, 6) is -0.356. The molecule has 0 spiro atoms. The van der Waals surface area contributed by atoms with Crippen LogP contribution in [0.1, 0.15) is 21.5 Å². The SMILES string of the molecule is O=C1Cc2cc(C(Br)c3ccc(F)cc3Cl)ccc2N1. The number of hydrogen-bond donors (Lipinski definition) is 1. The van der Waals surface area contributed by atoms with E-state index in [-0.39, 0.29) is 16.6 Å². The normalized spacial score (nSPS) is 14.8. The van der Waals surface area contributed by atoms with Crippen molar-refractivity contribution < 1.29 is 9.18 Å². The fraction of sp³-hybridized carbons (Fsp3) is 0.133. The number of carbonyl (C=O) groups excluding carboxylic acids is 1. The zero-order chi connectivity index (χ0) is 14.3. The molecule has 0 radical (unpaired) electrons. The number of nitrogens with one attached hydrogen (secondary N) is 1. The van der Waals surface area contributed by atoms with Crippen LogP contribution in [0.5, 0.6) is 0 Å². The maximum Gasteiger partial charge on any atom is 0.228 e. The number of hydrogen-bond acceptors (Lipinski definition) is 1. The predicted molar refractivity (Wildman–Crippen MR) is 81.0 cm³/mol. The van der Waals surface area contributed by atoms with Gasteiger partial charge in [0.2, 0.25) is 5.91 Å². The lowest BCUT2D eigenvalue weighted by atomic mass is 10.0. The number of halogens is 3. The molecule has 1 amide bonds. The van der Waals surface area contributed by atoms with Gasteiger partial charge in [-0.3, -0.25) is 4.79 Å². The van der Waals surface area contributed by atoms with Crippen molar-refractivity contribution in [2.45, 2.75) is 11.2 Å². The monoisotopic (exact) mass is 353 g/mol. The van der Waals surface area contributed by atoms with Crippen LogP contribution in [0.25, 0.3) is 0 Å². The van der Waals surface area contributed by atoms with Crippen LogP contribution in [0.15, 0.2) is 36.4 Å². The summed E-state index contributed by atoms with van der Waals surface area (Å²) in [4.78, 5) is 11.2. The predicted octanol–water partition coefficient (Wildman–Crippen LogP) is 4.46. The van der Waals surface area contributed by atoms with Gasteiger partial charge in [-0.2, -0.15) is 0 Å². The van der Waals surface area contributed by atoms with Crippen molar-refractivity contribution in [1.82, 2.24) is 0 Å². The molecule has 5 heteroatoms. The number of anilines is 1. The minimum absolute atomic E-state index is 0.00286. The van der Waals surface area contributed by atoms with Gasteiger partial charge in [-0.05, 0) is 34.9 Å². The van der Waals surface area contributed by atoms with Crippen molar-refractivity contribution in [2.75, 3.05) is 5.32 Å². The molecule has 1 N–H and O–H groups in total. The standard InChI is InChI=1S/C15H10BrClFNO/c16-15(11-3-2-10(18)7-12(11)17)8-1-4-13-9(5-8)6-14(20)19-13/h1-5,7,15H,6H2,(H,19,20). The Morgan fingerprint density at radius 3 is 2.80 bits per heavy atom. The molecule has 2 nitrogen and oxygen atoms in total. The van der Waals surface area contributed by atoms with Gasteiger partial charge in [0.05, 0.1) is 11.2 Å². The van der Waals surface area contributed by atoms with E-state index in [1.807, 2.05) is 18.2 Å². The second-order valence-electron chi connectivity index (χ2n) is 4.67. The van der Waals surface area contributed by atoms with E-state index in [1.165, 1.54) is 12.1 Å². The molecule has 2 aromatic carbocycles. The molecule has 0 saturated heterocycles. The van der Waals surface area contributed by atoms with Crippen LogP contribution in [-0.2, 0) is 11.2 Å². The number of fused-ring (bicyclic) bond motifs is 1. The largest absolute Gasteiger partial charge is 0.326 e. The highest BCUT2D eigenvalue weighted by molar-refractivity contribution is 9.09. The number of amides is 1. The third-order valence-corrected chi connectivity index (χ3v) is 4.63. The molecule has 1 atom stereocenters. The molecule has 102 valence electrons.